The summed E-state index contributed by atoms with van der Waals surface area (Å²) >= 11 is 3.37. The molecule has 0 atom stereocenters. The molecule has 0 saturated heterocycles. The van der Waals surface area contributed by atoms with Gasteiger partial charge in [0.2, 0.25) is 5.91 Å². The molecule has 0 bridgehead atoms. The van der Waals surface area contributed by atoms with Crippen molar-refractivity contribution >= 4 is 21.8 Å². The van der Waals surface area contributed by atoms with Crippen molar-refractivity contribution in [3.63, 3.8) is 0 Å². The van der Waals surface area contributed by atoms with Gasteiger partial charge in [-0.1, -0.05) is 46.8 Å². The molecule has 1 aromatic rings. The SMILES string of the molecule is C=CC(=O)NCc1ccc(CBr)cc1. The predicted molar refractivity (Wildman–Crippen MR) is 61.1 cm³/mol. The van der Waals surface area contributed by atoms with Crippen LogP contribution in [0.1, 0.15) is 11.1 Å². The number of amides is 1. The minimum atomic E-state index is -0.144. The Morgan fingerprint density at radius 1 is 1.36 bits per heavy atom. The van der Waals surface area contributed by atoms with Crippen molar-refractivity contribution in [3.05, 3.63) is 48.0 Å². The highest BCUT2D eigenvalue weighted by Crippen LogP contribution is 2.07. The third kappa shape index (κ3) is 3.34. The van der Waals surface area contributed by atoms with Crippen molar-refractivity contribution in [2.45, 2.75) is 11.9 Å². The average molecular weight is 254 g/mol. The van der Waals surface area contributed by atoms with Crippen LogP contribution in [0.5, 0.6) is 0 Å². The second-order valence-electron chi connectivity index (χ2n) is 2.87. The molecule has 1 N–H and O–H groups in total. The summed E-state index contributed by atoms with van der Waals surface area (Å²) < 4.78 is 0. The molecule has 0 aliphatic rings. The normalized spacial score (nSPS) is 9.50. The minimum absolute atomic E-state index is 0.144. The average Bonchev–Trinajstić information content (AvgIpc) is 2.26. The number of hydrogen-bond acceptors (Lipinski definition) is 1. The van der Waals surface area contributed by atoms with E-state index >= 15 is 0 Å². The summed E-state index contributed by atoms with van der Waals surface area (Å²) in [5.74, 6) is -0.144. The fraction of sp³-hybridized carbons (Fsp3) is 0.182. The zero-order valence-electron chi connectivity index (χ0n) is 7.79. The lowest BCUT2D eigenvalue weighted by Gasteiger charge is -2.03. The lowest BCUT2D eigenvalue weighted by Crippen LogP contribution is -2.19. The van der Waals surface area contributed by atoms with Crippen LogP contribution in [-0.2, 0) is 16.7 Å². The molecule has 0 radical (unpaired) electrons. The summed E-state index contributed by atoms with van der Waals surface area (Å²) in [6, 6.07) is 8.06. The van der Waals surface area contributed by atoms with Crippen LogP contribution in [0.3, 0.4) is 0 Å². The Bertz CT molecular complexity index is 319. The summed E-state index contributed by atoms with van der Waals surface area (Å²) in [5.41, 5.74) is 2.31. The highest BCUT2D eigenvalue weighted by atomic mass is 79.9. The lowest BCUT2D eigenvalue weighted by atomic mass is 10.1. The molecule has 0 fully saturated rings. The Balaban J connectivity index is 2.51. The van der Waals surface area contributed by atoms with Gasteiger partial charge in [-0.2, -0.15) is 0 Å². The van der Waals surface area contributed by atoms with Gasteiger partial charge in [0.1, 0.15) is 0 Å². The molecular weight excluding hydrogens is 242 g/mol. The van der Waals surface area contributed by atoms with Crippen molar-refractivity contribution in [2.24, 2.45) is 0 Å². The van der Waals surface area contributed by atoms with Crippen LogP contribution in [0.25, 0.3) is 0 Å². The third-order valence-corrected chi connectivity index (χ3v) is 2.48. The van der Waals surface area contributed by atoms with Crippen molar-refractivity contribution in [2.75, 3.05) is 0 Å². The lowest BCUT2D eigenvalue weighted by molar-refractivity contribution is -0.116. The molecule has 74 valence electrons. The Morgan fingerprint density at radius 3 is 2.43 bits per heavy atom. The standard InChI is InChI=1S/C11H12BrNO/c1-2-11(14)13-8-10-5-3-9(7-12)4-6-10/h2-6H,1,7-8H2,(H,13,14). The monoisotopic (exact) mass is 253 g/mol. The predicted octanol–water partition coefficient (Wildman–Crippen LogP) is 2.38. The first-order valence-electron chi connectivity index (χ1n) is 4.30. The van der Waals surface area contributed by atoms with Gasteiger partial charge in [-0.15, -0.1) is 0 Å². The van der Waals surface area contributed by atoms with E-state index in [9.17, 15) is 4.79 Å². The van der Waals surface area contributed by atoms with Crippen LogP contribution in [0, 0.1) is 0 Å². The number of hydrogen-bond donors (Lipinski definition) is 1. The van der Waals surface area contributed by atoms with Gasteiger partial charge >= 0.3 is 0 Å². The van der Waals surface area contributed by atoms with Gasteiger partial charge in [-0.05, 0) is 17.2 Å². The third-order valence-electron chi connectivity index (χ3n) is 1.83. The second-order valence-corrected chi connectivity index (χ2v) is 3.43. The number of alkyl halides is 1. The van der Waals surface area contributed by atoms with E-state index in [0.717, 1.165) is 10.9 Å². The maximum atomic E-state index is 10.9. The number of nitrogens with one attached hydrogen (secondary N) is 1. The quantitative estimate of drug-likeness (QED) is 0.648. The van der Waals surface area contributed by atoms with Crippen LogP contribution in [-0.4, -0.2) is 5.91 Å². The van der Waals surface area contributed by atoms with Gasteiger partial charge in [0.15, 0.2) is 0 Å². The maximum absolute atomic E-state index is 10.9. The largest absolute Gasteiger partial charge is 0.348 e. The van der Waals surface area contributed by atoms with Gasteiger partial charge in [-0.3, -0.25) is 4.79 Å². The first-order valence-corrected chi connectivity index (χ1v) is 5.42. The number of carbonyl (C=O) groups is 1. The zero-order chi connectivity index (χ0) is 10.4. The van der Waals surface area contributed by atoms with Crippen molar-refractivity contribution < 1.29 is 4.79 Å². The first-order chi connectivity index (χ1) is 6.76. The molecule has 0 saturated carbocycles. The molecule has 0 unspecified atom stereocenters. The van der Waals surface area contributed by atoms with E-state index in [1.165, 1.54) is 11.6 Å². The molecule has 0 aromatic heterocycles. The molecule has 0 aliphatic carbocycles. The number of benzene rings is 1. The molecule has 2 nitrogen and oxygen atoms in total. The molecular formula is C11H12BrNO. The van der Waals surface area contributed by atoms with Gasteiger partial charge in [0.05, 0.1) is 0 Å². The Hall–Kier alpha value is -1.09. The van der Waals surface area contributed by atoms with E-state index in [1.54, 1.807) is 0 Å². The Morgan fingerprint density at radius 2 is 1.93 bits per heavy atom. The number of halogens is 1. The van der Waals surface area contributed by atoms with E-state index in [2.05, 4.69) is 27.8 Å². The van der Waals surface area contributed by atoms with Gasteiger partial charge in [0, 0.05) is 11.9 Å². The van der Waals surface area contributed by atoms with E-state index in [4.69, 9.17) is 0 Å². The number of carbonyl (C=O) groups excluding carboxylic acids is 1. The van der Waals surface area contributed by atoms with Crippen molar-refractivity contribution in [3.8, 4) is 0 Å². The molecule has 0 spiro atoms. The summed E-state index contributed by atoms with van der Waals surface area (Å²) in [4.78, 5) is 10.9. The van der Waals surface area contributed by atoms with Crippen LogP contribution < -0.4 is 5.32 Å². The van der Waals surface area contributed by atoms with E-state index < -0.39 is 0 Å². The Kier molecular flexibility index (Phi) is 4.40. The summed E-state index contributed by atoms with van der Waals surface area (Å²) in [7, 11) is 0. The first kappa shape index (κ1) is 11.0. The maximum Gasteiger partial charge on any atom is 0.243 e. The van der Waals surface area contributed by atoms with Crippen LogP contribution in [0.15, 0.2) is 36.9 Å². The van der Waals surface area contributed by atoms with Crippen LogP contribution in [0.2, 0.25) is 0 Å². The van der Waals surface area contributed by atoms with E-state index in [1.807, 2.05) is 24.3 Å². The zero-order valence-corrected chi connectivity index (χ0v) is 9.38. The molecule has 1 amide bonds. The van der Waals surface area contributed by atoms with E-state index in [0.29, 0.717) is 6.54 Å². The Labute approximate surface area is 92.1 Å². The summed E-state index contributed by atoms with van der Waals surface area (Å²) in [6.07, 6.45) is 1.27. The smallest absolute Gasteiger partial charge is 0.243 e. The second kappa shape index (κ2) is 5.60. The molecule has 1 aromatic carbocycles. The highest BCUT2D eigenvalue weighted by Gasteiger charge is 1.95. The molecule has 3 heteroatoms. The van der Waals surface area contributed by atoms with Crippen molar-refractivity contribution in [1.29, 1.82) is 0 Å². The highest BCUT2D eigenvalue weighted by molar-refractivity contribution is 9.08. The van der Waals surface area contributed by atoms with Gasteiger partial charge < -0.3 is 5.32 Å². The summed E-state index contributed by atoms with van der Waals surface area (Å²) in [5, 5.41) is 3.57. The van der Waals surface area contributed by atoms with Gasteiger partial charge in [0.25, 0.3) is 0 Å². The van der Waals surface area contributed by atoms with Crippen LogP contribution >= 0.6 is 15.9 Å². The molecule has 0 aliphatic heterocycles. The molecule has 14 heavy (non-hydrogen) atoms. The van der Waals surface area contributed by atoms with Gasteiger partial charge in [-0.25, -0.2) is 0 Å². The topological polar surface area (TPSA) is 29.1 Å². The minimum Gasteiger partial charge on any atom is -0.348 e. The van der Waals surface area contributed by atoms with Crippen molar-refractivity contribution in [1.82, 2.24) is 5.32 Å². The summed E-state index contributed by atoms with van der Waals surface area (Å²) in [6.45, 7) is 3.93. The van der Waals surface area contributed by atoms with E-state index in [-0.39, 0.29) is 5.91 Å². The number of rotatable bonds is 4. The molecule has 1 rings (SSSR count). The fourth-order valence-electron chi connectivity index (χ4n) is 1.01. The fourth-order valence-corrected chi connectivity index (χ4v) is 1.38. The van der Waals surface area contributed by atoms with Crippen LogP contribution in [0.4, 0.5) is 0 Å². The molecule has 0 heterocycles.